The molecule has 0 bridgehead atoms. The van der Waals surface area contributed by atoms with Gasteiger partial charge in [-0.05, 0) is 17.7 Å². The Kier molecular flexibility index (Phi) is 12.3. The van der Waals surface area contributed by atoms with Crippen LogP contribution in [0.1, 0.15) is 74.8 Å². The number of imidazole rings is 1. The third kappa shape index (κ3) is 8.88. The van der Waals surface area contributed by atoms with Gasteiger partial charge in [0.25, 0.3) is 0 Å². The molecule has 6 nitrogen and oxygen atoms in total. The molecule has 0 N–H and O–H groups in total. The number of aromatic nitrogens is 3. The van der Waals surface area contributed by atoms with Crippen molar-refractivity contribution in [1.29, 1.82) is 0 Å². The Balaban J connectivity index is 0.961. The molecule has 5 heterocycles. The molecule has 8 heteroatoms. The fourth-order valence-electron chi connectivity index (χ4n) is 13.3. The second-order valence-electron chi connectivity index (χ2n) is 25.4. The standard InChI is InChI=1S/C78H66BN5O.Pt/c1-50(2)42-53-28-15-16-29-59(53)61-39-38-58(48-72(61)85-73-41-40-64-63-32-23-31-62-60-30-17-18-33-67(60)83-70-36-21-22-37-71(70)84(76(64)80-73)79(83)74(62)63)81-49-82(69-35-20-19-34-68(69)81)75-65(52-26-13-10-14-27-52)46-57(78(6,7)8)47-66(75)55-43-54(51-24-11-9-12-25-51)44-56(45-55)77(3,4)5;/h9-41,43-48,50H,42H2,1-8H3;/i42D2;. The van der Waals surface area contributed by atoms with E-state index < -0.39 is 6.37 Å². The molecule has 0 amide bonds. The van der Waals surface area contributed by atoms with Crippen molar-refractivity contribution in [3.63, 3.8) is 0 Å². The molecule has 86 heavy (non-hydrogen) atoms. The topological polar surface area (TPSA) is 38.5 Å². The third-order valence-electron chi connectivity index (χ3n) is 17.4. The third-order valence-corrected chi connectivity index (χ3v) is 18.4. The summed E-state index contributed by atoms with van der Waals surface area (Å²) in [5, 5.41) is 0. The first-order valence-corrected chi connectivity index (χ1v) is 31.0. The molecule has 3 aliphatic heterocycles. The van der Waals surface area contributed by atoms with Crippen molar-refractivity contribution < 1.29 is 26.8 Å². The summed E-state index contributed by atoms with van der Waals surface area (Å²) in [6.07, 6.45) is -1.65. The van der Waals surface area contributed by atoms with E-state index in [1.807, 2.05) is 44.2 Å². The summed E-state index contributed by atoms with van der Waals surface area (Å²) < 4.78 is 32.3. The molecule has 0 unspecified atom stereocenters. The Hall–Kier alpha value is -9.03. The van der Waals surface area contributed by atoms with Crippen LogP contribution in [0.3, 0.4) is 0 Å². The van der Waals surface area contributed by atoms with Crippen molar-refractivity contribution in [2.45, 2.75) is 72.6 Å². The van der Waals surface area contributed by atoms with E-state index in [-0.39, 0.29) is 23.7 Å². The maximum absolute atomic E-state index is 9.56. The number of hydrogen-bond donors (Lipinski definition) is 0. The number of fused-ring (bicyclic) bond motifs is 10. The molecule has 3 aliphatic rings. The minimum absolute atomic E-state index is 0.140. The monoisotopic (exact) mass is 1300 g/mol. The van der Waals surface area contributed by atoms with E-state index in [4.69, 9.17) is 9.72 Å². The normalized spacial score (nSPS) is 13.5. The predicted molar refractivity (Wildman–Crippen MR) is 355 cm³/mol. The van der Waals surface area contributed by atoms with E-state index in [2.05, 4.69) is 286 Å². The number of rotatable bonds is 10. The van der Waals surface area contributed by atoms with Crippen molar-refractivity contribution in [3.05, 3.63) is 257 Å². The van der Waals surface area contributed by atoms with E-state index in [1.54, 1.807) is 0 Å². The number of pyridine rings is 1. The van der Waals surface area contributed by atoms with Gasteiger partial charge in [-0.2, -0.15) is 0 Å². The molecule has 0 atom stereocenters. The minimum atomic E-state index is -1.65. The molecular weight excluding hydrogens is 1230 g/mol. The van der Waals surface area contributed by atoms with Crippen LogP contribution in [0.4, 0.5) is 22.9 Å². The number of para-hydroxylation sites is 5. The average Bonchev–Trinajstić information content (AvgIpc) is 1.49. The Morgan fingerprint density at radius 3 is 1.71 bits per heavy atom. The quantitative estimate of drug-likeness (QED) is 0.128. The average molecular weight is 1300 g/mol. The van der Waals surface area contributed by atoms with Gasteiger partial charge in [0.1, 0.15) is 0 Å². The van der Waals surface area contributed by atoms with Gasteiger partial charge < -0.3 is 0 Å². The molecule has 0 radical (unpaired) electrons. The summed E-state index contributed by atoms with van der Waals surface area (Å²) in [5.41, 5.74) is 24.5. The fourth-order valence-corrected chi connectivity index (χ4v) is 14.4. The van der Waals surface area contributed by atoms with Crippen molar-refractivity contribution in [1.82, 2.24) is 14.1 Å². The van der Waals surface area contributed by atoms with Crippen molar-refractivity contribution in [2.75, 3.05) is 9.62 Å². The number of benzene rings is 10. The Morgan fingerprint density at radius 2 is 1.01 bits per heavy atom. The van der Waals surface area contributed by atoms with Gasteiger partial charge in [-0.25, -0.2) is 0 Å². The summed E-state index contributed by atoms with van der Waals surface area (Å²) in [4.78, 5) is 10.4. The number of hydrogen-bond acceptors (Lipinski definition) is 4. The predicted octanol–water partition coefficient (Wildman–Crippen LogP) is 19.8. The van der Waals surface area contributed by atoms with Crippen LogP contribution >= 0.6 is 0 Å². The number of ether oxygens (including phenoxy) is 1. The van der Waals surface area contributed by atoms with Crippen LogP contribution in [0, 0.1) is 9.72 Å². The first-order chi connectivity index (χ1) is 42.4. The number of anilines is 4. The van der Waals surface area contributed by atoms with Gasteiger partial charge >= 0.3 is 451 Å². The van der Waals surface area contributed by atoms with Crippen LogP contribution in [-0.2, 0) is 36.6 Å². The van der Waals surface area contributed by atoms with Crippen molar-refractivity contribution in [2.24, 2.45) is 5.92 Å². The van der Waals surface area contributed by atoms with E-state index in [9.17, 15) is 2.74 Å². The molecule has 10 aromatic carbocycles. The van der Waals surface area contributed by atoms with Crippen LogP contribution < -0.4 is 19.8 Å². The SMILES string of the molecule is [2H]C([2H])(c1ccccc1-c1ccc(-n2[c](=[Pt])n(-c3c(-c4ccccc4)cc(C(C)(C)C)cc3-c3cc(-c4ccccc4)cc(C(C)(C)C)c3)c3ccccc32)cc1Oc1ccc2c(n1)N1B3c4c(cccc4-2)-c2ccccc2N3c2ccccc21)C(C)C. The maximum atomic E-state index is 9.56. The van der Waals surface area contributed by atoms with Crippen LogP contribution in [-0.4, -0.2) is 21.1 Å². The number of nitrogens with zero attached hydrogens (tertiary/aromatic N) is 5. The van der Waals surface area contributed by atoms with Gasteiger partial charge in [0.2, 0.25) is 0 Å². The Bertz CT molecular complexity index is 4860. The zero-order valence-electron chi connectivity index (χ0n) is 51.6. The molecular formula is C78H66BN5OPt. The van der Waals surface area contributed by atoms with Crippen LogP contribution in [0.2, 0.25) is 0 Å². The molecule has 2 aromatic heterocycles. The second kappa shape index (κ2) is 20.6. The van der Waals surface area contributed by atoms with Crippen LogP contribution in [0.5, 0.6) is 11.6 Å². The second-order valence-corrected chi connectivity index (χ2v) is 26.4. The van der Waals surface area contributed by atoms with Gasteiger partial charge in [0.05, 0.1) is 0 Å². The molecule has 0 spiro atoms. The summed E-state index contributed by atoms with van der Waals surface area (Å²) in [7, 11) is 0. The molecule has 0 aliphatic carbocycles. The van der Waals surface area contributed by atoms with Crippen molar-refractivity contribution >= 4 is 46.4 Å². The van der Waals surface area contributed by atoms with E-state index in [0.717, 1.165) is 87.9 Å². The first-order valence-electron chi connectivity index (χ1n) is 30.9. The molecule has 12 aromatic rings. The first kappa shape index (κ1) is 51.4. The van der Waals surface area contributed by atoms with E-state index >= 15 is 0 Å². The van der Waals surface area contributed by atoms with Gasteiger partial charge in [-0.15, -0.1) is 0 Å². The summed E-state index contributed by atoms with van der Waals surface area (Å²) >= 11 is 2.55. The van der Waals surface area contributed by atoms with E-state index in [1.165, 1.54) is 44.5 Å². The summed E-state index contributed by atoms with van der Waals surface area (Å²) in [6.45, 7) is 17.6. The zero-order valence-corrected chi connectivity index (χ0v) is 51.9. The molecule has 0 saturated carbocycles. The van der Waals surface area contributed by atoms with Gasteiger partial charge in [-0.3, -0.25) is 0 Å². The van der Waals surface area contributed by atoms with Crippen LogP contribution in [0.25, 0.3) is 89.2 Å². The van der Waals surface area contributed by atoms with Gasteiger partial charge in [-0.1, -0.05) is 42.5 Å². The fraction of sp³-hybridized carbons (Fsp3) is 0.154. The summed E-state index contributed by atoms with van der Waals surface area (Å²) in [6, 6.07) is 84.9. The Morgan fingerprint density at radius 1 is 0.465 bits per heavy atom. The van der Waals surface area contributed by atoms with Crippen LogP contribution in [0.15, 0.2) is 237 Å². The molecule has 0 fully saturated rings. The van der Waals surface area contributed by atoms with Gasteiger partial charge in [0.15, 0.2) is 0 Å². The van der Waals surface area contributed by atoms with Gasteiger partial charge in [0, 0.05) is 11.3 Å². The molecule has 422 valence electrons. The summed E-state index contributed by atoms with van der Waals surface area (Å²) in [5.74, 6) is 1.50. The Labute approximate surface area is 519 Å². The van der Waals surface area contributed by atoms with E-state index in [0.29, 0.717) is 17.2 Å². The molecule has 15 rings (SSSR count). The van der Waals surface area contributed by atoms with Crippen molar-refractivity contribution in [3.8, 4) is 89.8 Å². The zero-order chi connectivity index (χ0) is 60.5. The molecule has 0 saturated heterocycles.